The van der Waals surface area contributed by atoms with Crippen molar-refractivity contribution in [1.29, 1.82) is 0 Å². The van der Waals surface area contributed by atoms with Gasteiger partial charge in [0, 0.05) is 10.5 Å². The summed E-state index contributed by atoms with van der Waals surface area (Å²) >= 11 is 1.54. The van der Waals surface area contributed by atoms with E-state index in [4.69, 9.17) is 0 Å². The molecule has 0 aliphatic heterocycles. The highest BCUT2D eigenvalue weighted by Gasteiger charge is 2.02. The van der Waals surface area contributed by atoms with Crippen LogP contribution >= 0.6 is 11.8 Å². The maximum absolute atomic E-state index is 11.9. The van der Waals surface area contributed by atoms with Crippen LogP contribution in [-0.4, -0.2) is 18.2 Å². The summed E-state index contributed by atoms with van der Waals surface area (Å²) in [6.45, 7) is 0.367. The molecule has 0 aromatic heterocycles. The summed E-state index contributed by atoms with van der Waals surface area (Å²) < 4.78 is 0. The molecule has 3 rings (SSSR count). The van der Waals surface area contributed by atoms with Crippen LogP contribution < -0.4 is 5.32 Å². The number of hydrogen-bond donors (Lipinski definition) is 1. The van der Waals surface area contributed by atoms with Crippen LogP contribution in [0.15, 0.2) is 77.7 Å². The third-order valence-corrected chi connectivity index (χ3v) is 4.47. The van der Waals surface area contributed by atoms with E-state index in [1.807, 2.05) is 42.5 Å². The molecular formula is C21H17NOS. The second-order valence-corrected chi connectivity index (χ2v) is 6.29. The molecule has 3 aromatic carbocycles. The lowest BCUT2D eigenvalue weighted by Crippen LogP contribution is -2.25. The van der Waals surface area contributed by atoms with E-state index in [1.165, 1.54) is 22.5 Å². The van der Waals surface area contributed by atoms with Crippen LogP contribution in [0.25, 0.3) is 10.8 Å². The third-order valence-electron chi connectivity index (χ3n) is 3.47. The second-order valence-electron chi connectivity index (χ2n) is 5.24. The fraction of sp³-hybridized carbons (Fsp3) is 0.0952. The number of fused-ring (bicyclic) bond motifs is 1. The number of amides is 1. The van der Waals surface area contributed by atoms with E-state index < -0.39 is 0 Å². The molecular weight excluding hydrogens is 314 g/mol. The maximum Gasteiger partial charge on any atom is 0.231 e. The standard InChI is InChI=1S/C21H17NOS/c23-21(22-14-6-9-17-7-2-1-3-8-17)16-24-20-13-12-18-10-4-5-11-19(18)15-20/h1-5,7-8,10-13,15H,14,16H2,(H,22,23). The number of nitrogens with one attached hydrogen (secondary N) is 1. The largest absolute Gasteiger partial charge is 0.344 e. The van der Waals surface area contributed by atoms with Gasteiger partial charge in [-0.2, -0.15) is 0 Å². The lowest BCUT2D eigenvalue weighted by atomic mass is 10.1. The molecule has 0 fully saturated rings. The topological polar surface area (TPSA) is 29.1 Å². The maximum atomic E-state index is 11.9. The van der Waals surface area contributed by atoms with Crippen molar-refractivity contribution in [3.05, 3.63) is 78.4 Å². The molecule has 0 aliphatic carbocycles. The van der Waals surface area contributed by atoms with Crippen molar-refractivity contribution in [2.24, 2.45) is 0 Å². The number of thioether (sulfide) groups is 1. The summed E-state index contributed by atoms with van der Waals surface area (Å²) in [5.74, 6) is 6.38. The van der Waals surface area contributed by atoms with Crippen LogP contribution in [0.3, 0.4) is 0 Å². The molecule has 1 amide bonds. The monoisotopic (exact) mass is 331 g/mol. The van der Waals surface area contributed by atoms with Gasteiger partial charge in [0.15, 0.2) is 0 Å². The van der Waals surface area contributed by atoms with Gasteiger partial charge in [-0.1, -0.05) is 60.4 Å². The Hall–Kier alpha value is -2.70. The number of rotatable bonds is 4. The minimum Gasteiger partial charge on any atom is -0.344 e. The molecule has 0 atom stereocenters. The summed E-state index contributed by atoms with van der Waals surface area (Å²) in [7, 11) is 0. The van der Waals surface area contributed by atoms with Crippen molar-refractivity contribution < 1.29 is 4.79 Å². The molecule has 0 bridgehead atoms. The fourth-order valence-electron chi connectivity index (χ4n) is 2.27. The van der Waals surface area contributed by atoms with Crippen molar-refractivity contribution in [3.8, 4) is 11.8 Å². The van der Waals surface area contributed by atoms with E-state index in [-0.39, 0.29) is 5.91 Å². The van der Waals surface area contributed by atoms with E-state index in [2.05, 4.69) is 47.5 Å². The van der Waals surface area contributed by atoms with Gasteiger partial charge in [0.1, 0.15) is 0 Å². The summed E-state index contributed by atoms with van der Waals surface area (Å²) in [6, 6.07) is 24.2. The zero-order valence-corrected chi connectivity index (χ0v) is 14.0. The van der Waals surface area contributed by atoms with Gasteiger partial charge >= 0.3 is 0 Å². The zero-order chi connectivity index (χ0) is 16.6. The van der Waals surface area contributed by atoms with Gasteiger partial charge in [-0.3, -0.25) is 4.79 Å². The molecule has 0 spiro atoms. The van der Waals surface area contributed by atoms with Crippen LogP contribution in [0, 0.1) is 11.8 Å². The van der Waals surface area contributed by atoms with Gasteiger partial charge < -0.3 is 5.32 Å². The number of carbonyl (C=O) groups is 1. The summed E-state index contributed by atoms with van der Waals surface area (Å²) in [4.78, 5) is 13.0. The first kappa shape index (κ1) is 16.2. The molecule has 0 unspecified atom stereocenters. The first-order valence-electron chi connectivity index (χ1n) is 7.73. The third kappa shape index (κ3) is 4.65. The SMILES string of the molecule is O=C(CSc1ccc2ccccc2c1)NCC#Cc1ccccc1. The van der Waals surface area contributed by atoms with E-state index >= 15 is 0 Å². The minimum atomic E-state index is -0.00415. The highest BCUT2D eigenvalue weighted by molar-refractivity contribution is 8.00. The Morgan fingerprint density at radius 2 is 1.67 bits per heavy atom. The van der Waals surface area contributed by atoms with Gasteiger partial charge in [0.2, 0.25) is 5.91 Å². The normalized spacial score (nSPS) is 10.0. The first-order valence-corrected chi connectivity index (χ1v) is 8.72. The minimum absolute atomic E-state index is 0.00415. The van der Waals surface area contributed by atoms with Gasteiger partial charge in [-0.15, -0.1) is 11.8 Å². The average Bonchev–Trinajstić information content (AvgIpc) is 2.64. The highest BCUT2D eigenvalue weighted by Crippen LogP contribution is 2.23. The first-order chi connectivity index (χ1) is 11.8. The molecule has 0 saturated heterocycles. The number of benzene rings is 3. The smallest absolute Gasteiger partial charge is 0.231 e. The molecule has 0 saturated carbocycles. The quantitative estimate of drug-likeness (QED) is 0.576. The molecule has 2 nitrogen and oxygen atoms in total. The zero-order valence-electron chi connectivity index (χ0n) is 13.2. The molecule has 3 heteroatoms. The Kier molecular flexibility index (Phi) is 5.55. The predicted octanol–water partition coefficient (Wildman–Crippen LogP) is 4.10. The lowest BCUT2D eigenvalue weighted by Gasteiger charge is -2.04. The molecule has 24 heavy (non-hydrogen) atoms. The van der Waals surface area contributed by atoms with Crippen LogP contribution in [0.2, 0.25) is 0 Å². The summed E-state index contributed by atoms with van der Waals surface area (Å²) in [5.41, 5.74) is 0.956. The second kappa shape index (κ2) is 8.24. The molecule has 0 radical (unpaired) electrons. The van der Waals surface area contributed by atoms with Gasteiger partial charge in [0.25, 0.3) is 0 Å². The Bertz CT molecular complexity index is 894. The molecule has 1 N–H and O–H groups in total. The molecule has 0 heterocycles. The van der Waals surface area contributed by atoms with Crippen molar-refractivity contribution in [2.75, 3.05) is 12.3 Å². The van der Waals surface area contributed by atoms with Gasteiger partial charge in [-0.25, -0.2) is 0 Å². The van der Waals surface area contributed by atoms with E-state index in [9.17, 15) is 4.79 Å². The van der Waals surface area contributed by atoms with Crippen LogP contribution in [0.5, 0.6) is 0 Å². The predicted molar refractivity (Wildman–Crippen MR) is 101 cm³/mol. The highest BCUT2D eigenvalue weighted by atomic mass is 32.2. The molecule has 3 aromatic rings. The van der Waals surface area contributed by atoms with E-state index in [0.717, 1.165) is 10.5 Å². The Morgan fingerprint density at radius 1 is 0.917 bits per heavy atom. The van der Waals surface area contributed by atoms with Crippen molar-refractivity contribution in [2.45, 2.75) is 4.90 Å². The van der Waals surface area contributed by atoms with Gasteiger partial charge in [0.05, 0.1) is 12.3 Å². The van der Waals surface area contributed by atoms with Crippen LogP contribution in [0.4, 0.5) is 0 Å². The van der Waals surface area contributed by atoms with Gasteiger partial charge in [-0.05, 0) is 35.0 Å². The Labute approximate surface area is 146 Å². The lowest BCUT2D eigenvalue weighted by molar-refractivity contribution is -0.118. The summed E-state index contributed by atoms with van der Waals surface area (Å²) in [5, 5.41) is 5.23. The summed E-state index contributed by atoms with van der Waals surface area (Å²) in [6.07, 6.45) is 0. The number of hydrogen-bond acceptors (Lipinski definition) is 2. The fourth-order valence-corrected chi connectivity index (χ4v) is 3.04. The van der Waals surface area contributed by atoms with Crippen LogP contribution in [-0.2, 0) is 4.79 Å². The van der Waals surface area contributed by atoms with Crippen molar-refractivity contribution in [3.63, 3.8) is 0 Å². The van der Waals surface area contributed by atoms with E-state index in [1.54, 1.807) is 0 Å². The van der Waals surface area contributed by atoms with E-state index in [0.29, 0.717) is 12.3 Å². The Morgan fingerprint density at radius 3 is 2.50 bits per heavy atom. The molecule has 118 valence electrons. The average molecular weight is 331 g/mol. The number of carbonyl (C=O) groups excluding carboxylic acids is 1. The molecule has 0 aliphatic rings. The Balaban J connectivity index is 1.47. The van der Waals surface area contributed by atoms with Crippen molar-refractivity contribution >= 4 is 28.4 Å². The van der Waals surface area contributed by atoms with Crippen LogP contribution in [0.1, 0.15) is 5.56 Å². The van der Waals surface area contributed by atoms with Crippen molar-refractivity contribution in [1.82, 2.24) is 5.32 Å².